The van der Waals surface area contributed by atoms with Gasteiger partial charge in [-0.05, 0) is 44.2 Å². The summed E-state index contributed by atoms with van der Waals surface area (Å²) in [7, 11) is 1.42. The second kappa shape index (κ2) is 18.0. The minimum Gasteiger partial charge on any atom is -0.493 e. The highest BCUT2D eigenvalue weighted by molar-refractivity contribution is 5.99. The molecule has 10 heteroatoms. The standard InChI is InChI=1S/C32H45NO9/c1-8-17-38-27(9-2)30(42-25-13-11-10-12-14-25)22(5)41-32(36)24(18-21(3)4)19-26(35)29-31(40-20-39-23(6)34)28(37-7)15-16-33-29/h10-16,21-22,24,27,30H,8-9,17-20H2,1-7H3/t22-,24+,27-,30-/m0/s1. The molecule has 0 spiro atoms. The zero-order valence-corrected chi connectivity index (χ0v) is 25.8. The Morgan fingerprint density at radius 2 is 1.71 bits per heavy atom. The van der Waals surface area contributed by atoms with Crippen molar-refractivity contribution in [1.29, 1.82) is 0 Å². The molecule has 0 N–H and O–H groups in total. The van der Waals surface area contributed by atoms with E-state index in [1.165, 1.54) is 26.3 Å². The second-order valence-electron chi connectivity index (χ2n) is 10.4. The van der Waals surface area contributed by atoms with Crippen molar-refractivity contribution in [2.75, 3.05) is 20.5 Å². The summed E-state index contributed by atoms with van der Waals surface area (Å²) >= 11 is 0. The number of rotatable bonds is 19. The Balaban J connectivity index is 2.27. The highest BCUT2D eigenvalue weighted by Gasteiger charge is 2.35. The van der Waals surface area contributed by atoms with Gasteiger partial charge in [-0.25, -0.2) is 4.98 Å². The second-order valence-corrected chi connectivity index (χ2v) is 10.4. The summed E-state index contributed by atoms with van der Waals surface area (Å²) in [5.74, 6) is -1.21. The predicted molar refractivity (Wildman–Crippen MR) is 157 cm³/mol. The Morgan fingerprint density at radius 3 is 2.31 bits per heavy atom. The molecule has 2 aromatic rings. The number of methoxy groups -OCH3 is 1. The molecule has 0 aliphatic heterocycles. The third kappa shape index (κ3) is 11.0. The number of para-hydroxylation sites is 1. The fourth-order valence-corrected chi connectivity index (χ4v) is 4.44. The fourth-order valence-electron chi connectivity index (χ4n) is 4.44. The maximum Gasteiger partial charge on any atom is 0.309 e. The van der Waals surface area contributed by atoms with Gasteiger partial charge in [0.25, 0.3) is 0 Å². The van der Waals surface area contributed by atoms with Crippen LogP contribution in [0.25, 0.3) is 0 Å². The van der Waals surface area contributed by atoms with E-state index in [1.807, 2.05) is 58.0 Å². The topological polar surface area (TPSA) is 119 Å². The van der Waals surface area contributed by atoms with Crippen molar-refractivity contribution in [2.45, 2.75) is 85.5 Å². The molecular formula is C32H45NO9. The number of Topliss-reactive ketones (excluding diaryl/α,β-unsaturated/α-hetero) is 1. The van der Waals surface area contributed by atoms with Gasteiger partial charge in [-0.1, -0.05) is 45.9 Å². The molecule has 0 saturated carbocycles. The lowest BCUT2D eigenvalue weighted by Crippen LogP contribution is -2.45. The lowest BCUT2D eigenvalue weighted by molar-refractivity contribution is -0.163. The number of esters is 2. The highest BCUT2D eigenvalue weighted by Crippen LogP contribution is 2.32. The van der Waals surface area contributed by atoms with E-state index in [-0.39, 0.29) is 35.6 Å². The molecule has 4 atom stereocenters. The fraction of sp³-hybridized carbons (Fsp3) is 0.562. The summed E-state index contributed by atoms with van der Waals surface area (Å²) in [6, 6.07) is 10.9. The summed E-state index contributed by atoms with van der Waals surface area (Å²) in [5, 5.41) is 0. The molecular weight excluding hydrogens is 542 g/mol. The Labute approximate surface area is 249 Å². The van der Waals surface area contributed by atoms with Gasteiger partial charge in [0.1, 0.15) is 11.9 Å². The van der Waals surface area contributed by atoms with Crippen molar-refractivity contribution in [1.82, 2.24) is 4.98 Å². The number of hydrogen-bond donors (Lipinski definition) is 0. The van der Waals surface area contributed by atoms with Gasteiger partial charge in [0.2, 0.25) is 6.79 Å². The van der Waals surface area contributed by atoms with Crippen molar-refractivity contribution >= 4 is 17.7 Å². The maximum absolute atomic E-state index is 13.6. The van der Waals surface area contributed by atoms with Gasteiger partial charge in [0.15, 0.2) is 29.1 Å². The summed E-state index contributed by atoms with van der Waals surface area (Å²) < 4.78 is 34.1. The summed E-state index contributed by atoms with van der Waals surface area (Å²) in [5.41, 5.74) is -0.0274. The maximum atomic E-state index is 13.6. The lowest BCUT2D eigenvalue weighted by atomic mass is 9.91. The normalized spacial score (nSPS) is 13.9. The molecule has 1 aromatic heterocycles. The molecule has 0 unspecified atom stereocenters. The van der Waals surface area contributed by atoms with Crippen molar-refractivity contribution in [3.8, 4) is 17.2 Å². The first kappa shape index (κ1) is 34.5. The number of pyridine rings is 1. The number of carbonyl (C=O) groups excluding carboxylic acids is 3. The molecule has 0 aliphatic carbocycles. The van der Waals surface area contributed by atoms with Crippen LogP contribution < -0.4 is 14.2 Å². The molecule has 2 rings (SSSR count). The Morgan fingerprint density at radius 1 is 1.00 bits per heavy atom. The van der Waals surface area contributed by atoms with Gasteiger partial charge < -0.3 is 28.4 Å². The monoisotopic (exact) mass is 587 g/mol. The van der Waals surface area contributed by atoms with Crippen LogP contribution in [0.15, 0.2) is 42.6 Å². The third-order valence-electron chi connectivity index (χ3n) is 6.42. The van der Waals surface area contributed by atoms with Crippen molar-refractivity contribution in [3.05, 3.63) is 48.3 Å². The molecule has 1 aromatic carbocycles. The van der Waals surface area contributed by atoms with Gasteiger partial charge in [-0.15, -0.1) is 0 Å². The summed E-state index contributed by atoms with van der Waals surface area (Å²) in [6.45, 7) is 11.1. The molecule has 10 nitrogen and oxygen atoms in total. The van der Waals surface area contributed by atoms with E-state index < -0.39 is 42.6 Å². The van der Waals surface area contributed by atoms with E-state index in [0.717, 1.165) is 6.42 Å². The van der Waals surface area contributed by atoms with E-state index in [2.05, 4.69) is 4.98 Å². The SMILES string of the molecule is CCCO[C@@H](CC)[C@@H](Oc1ccccc1)[C@H](C)OC(=O)[C@@H](CC(=O)c1nccc(OC)c1OCOC(C)=O)CC(C)C. The quantitative estimate of drug-likeness (QED) is 0.113. The van der Waals surface area contributed by atoms with Crippen LogP contribution >= 0.6 is 0 Å². The van der Waals surface area contributed by atoms with Crippen LogP contribution in [0.3, 0.4) is 0 Å². The Hall–Kier alpha value is -3.66. The summed E-state index contributed by atoms with van der Waals surface area (Å²) in [6.07, 6.45) is 1.62. The zero-order valence-electron chi connectivity index (χ0n) is 25.8. The predicted octanol–water partition coefficient (Wildman–Crippen LogP) is 5.81. The van der Waals surface area contributed by atoms with Crippen LogP contribution in [0.1, 0.15) is 77.7 Å². The third-order valence-corrected chi connectivity index (χ3v) is 6.42. The minimum atomic E-state index is -0.747. The van der Waals surface area contributed by atoms with E-state index >= 15 is 0 Å². The van der Waals surface area contributed by atoms with Crippen molar-refractivity contribution < 1.29 is 42.8 Å². The molecule has 0 bridgehead atoms. The molecule has 0 radical (unpaired) electrons. The van der Waals surface area contributed by atoms with Crippen LogP contribution in [0.2, 0.25) is 0 Å². The van der Waals surface area contributed by atoms with Gasteiger partial charge in [0, 0.05) is 32.2 Å². The van der Waals surface area contributed by atoms with Crippen LogP contribution in [-0.2, 0) is 23.8 Å². The van der Waals surface area contributed by atoms with E-state index in [9.17, 15) is 14.4 Å². The molecule has 0 aliphatic rings. The van der Waals surface area contributed by atoms with Gasteiger partial charge in [0.05, 0.1) is 19.1 Å². The first-order valence-corrected chi connectivity index (χ1v) is 14.5. The van der Waals surface area contributed by atoms with E-state index in [1.54, 1.807) is 6.92 Å². The van der Waals surface area contributed by atoms with E-state index in [0.29, 0.717) is 25.2 Å². The smallest absolute Gasteiger partial charge is 0.309 e. The molecule has 0 fully saturated rings. The van der Waals surface area contributed by atoms with Crippen LogP contribution in [0.5, 0.6) is 17.2 Å². The van der Waals surface area contributed by atoms with Gasteiger partial charge in [-0.3, -0.25) is 14.4 Å². The number of carbonyl (C=O) groups is 3. The molecule has 42 heavy (non-hydrogen) atoms. The van der Waals surface area contributed by atoms with Crippen LogP contribution in [-0.4, -0.2) is 61.5 Å². The number of benzene rings is 1. The zero-order chi connectivity index (χ0) is 31.1. The number of ether oxygens (including phenoxy) is 6. The first-order valence-electron chi connectivity index (χ1n) is 14.5. The average Bonchev–Trinajstić information content (AvgIpc) is 2.96. The molecule has 1 heterocycles. The van der Waals surface area contributed by atoms with Gasteiger partial charge in [-0.2, -0.15) is 0 Å². The molecule has 0 amide bonds. The first-order chi connectivity index (χ1) is 20.1. The van der Waals surface area contributed by atoms with Crippen LogP contribution in [0, 0.1) is 11.8 Å². The van der Waals surface area contributed by atoms with Gasteiger partial charge >= 0.3 is 11.9 Å². The summed E-state index contributed by atoms with van der Waals surface area (Å²) in [4.78, 5) is 42.5. The molecule has 232 valence electrons. The van der Waals surface area contributed by atoms with Crippen molar-refractivity contribution in [3.63, 3.8) is 0 Å². The van der Waals surface area contributed by atoms with Crippen LogP contribution in [0.4, 0.5) is 0 Å². The number of aromatic nitrogens is 1. The largest absolute Gasteiger partial charge is 0.493 e. The Bertz CT molecular complexity index is 1120. The van der Waals surface area contributed by atoms with E-state index in [4.69, 9.17) is 28.4 Å². The number of ketones is 1. The van der Waals surface area contributed by atoms with Crippen molar-refractivity contribution in [2.24, 2.45) is 11.8 Å². The minimum absolute atomic E-state index is 0.0274. The lowest BCUT2D eigenvalue weighted by Gasteiger charge is -2.32. The highest BCUT2D eigenvalue weighted by atomic mass is 16.7. The Kier molecular flexibility index (Phi) is 14.8. The number of hydrogen-bond acceptors (Lipinski definition) is 10. The average molecular weight is 588 g/mol. The molecule has 0 saturated heterocycles. The number of nitrogens with zero attached hydrogens (tertiary/aromatic N) is 1.